The molecule has 1 aliphatic heterocycles. The van der Waals surface area contributed by atoms with E-state index in [1.807, 2.05) is 0 Å². The van der Waals surface area contributed by atoms with Crippen molar-refractivity contribution in [1.82, 2.24) is 15.2 Å². The highest BCUT2D eigenvalue weighted by Gasteiger charge is 2.25. The number of nitrogens with zero attached hydrogens (tertiary/aromatic N) is 1. The Bertz CT molecular complexity index is 572. The van der Waals surface area contributed by atoms with Gasteiger partial charge < -0.3 is 15.4 Å². The van der Waals surface area contributed by atoms with Crippen LogP contribution in [0.15, 0.2) is 24.3 Å². The first kappa shape index (κ1) is 13.6. The Kier molecular flexibility index (Phi) is 4.05. The molecule has 2 heterocycles. The highest BCUT2D eigenvalue weighted by molar-refractivity contribution is 5.85. The number of aromatic nitrogens is 1. The molecule has 1 unspecified atom stereocenters. The van der Waals surface area contributed by atoms with Gasteiger partial charge in [0.25, 0.3) is 0 Å². The molecule has 0 amide bonds. The minimum Gasteiger partial charge on any atom is -0.396 e. The van der Waals surface area contributed by atoms with E-state index in [0.29, 0.717) is 6.04 Å². The van der Waals surface area contributed by atoms with Gasteiger partial charge in [-0.05, 0) is 25.0 Å². The molecule has 2 aromatic rings. The molecule has 4 heteroatoms. The van der Waals surface area contributed by atoms with Crippen LogP contribution in [0, 0.1) is 6.92 Å². The number of aryl methyl sites for hydroxylation is 1. The van der Waals surface area contributed by atoms with Crippen molar-refractivity contribution in [2.75, 3.05) is 32.8 Å². The number of aliphatic hydroxyl groups excluding tert-OH is 1. The smallest absolute Gasteiger partial charge is 0.0459 e. The maximum Gasteiger partial charge on any atom is 0.0459 e. The minimum absolute atomic E-state index is 0.230. The Balaban J connectivity index is 2.01. The monoisotopic (exact) mass is 273 g/mol. The Morgan fingerprint density at radius 2 is 2.00 bits per heavy atom. The number of para-hydroxylation sites is 1. The van der Waals surface area contributed by atoms with E-state index in [4.69, 9.17) is 0 Å². The van der Waals surface area contributed by atoms with Gasteiger partial charge in [0, 0.05) is 55.4 Å². The molecule has 108 valence electrons. The van der Waals surface area contributed by atoms with E-state index in [0.717, 1.165) is 32.6 Å². The van der Waals surface area contributed by atoms with Crippen molar-refractivity contribution in [2.24, 2.45) is 0 Å². The molecule has 4 nitrogen and oxygen atoms in total. The number of fused-ring (bicyclic) bond motifs is 1. The van der Waals surface area contributed by atoms with E-state index < -0.39 is 0 Å². The standard InChI is InChI=1S/C16H23N3O/c1-12-16(13-4-2-3-5-14(13)18-12)15(6-11-20)19-9-7-17-8-10-19/h2-5,15,17-18,20H,6-11H2,1H3. The van der Waals surface area contributed by atoms with Gasteiger partial charge in [0.2, 0.25) is 0 Å². The molecule has 1 aromatic carbocycles. The summed E-state index contributed by atoms with van der Waals surface area (Å²) < 4.78 is 0. The highest BCUT2D eigenvalue weighted by atomic mass is 16.3. The fourth-order valence-corrected chi connectivity index (χ4v) is 3.35. The van der Waals surface area contributed by atoms with Gasteiger partial charge in [0.1, 0.15) is 0 Å². The van der Waals surface area contributed by atoms with Crippen LogP contribution in [-0.4, -0.2) is 47.8 Å². The van der Waals surface area contributed by atoms with E-state index in [1.165, 1.54) is 22.2 Å². The molecule has 20 heavy (non-hydrogen) atoms. The zero-order chi connectivity index (χ0) is 13.9. The maximum absolute atomic E-state index is 9.48. The highest BCUT2D eigenvalue weighted by Crippen LogP contribution is 2.33. The number of piperazine rings is 1. The Labute approximate surface area is 119 Å². The largest absolute Gasteiger partial charge is 0.396 e. The van der Waals surface area contributed by atoms with Crippen LogP contribution in [-0.2, 0) is 0 Å². The Morgan fingerprint density at radius 1 is 1.25 bits per heavy atom. The summed E-state index contributed by atoms with van der Waals surface area (Å²) in [5.41, 5.74) is 3.78. The Hall–Kier alpha value is -1.36. The van der Waals surface area contributed by atoms with Crippen LogP contribution in [0.25, 0.3) is 10.9 Å². The molecule has 0 radical (unpaired) electrons. The second-order valence-corrected chi connectivity index (χ2v) is 5.52. The molecule has 1 aromatic heterocycles. The summed E-state index contributed by atoms with van der Waals surface area (Å²) in [6.45, 7) is 6.52. The second kappa shape index (κ2) is 5.95. The van der Waals surface area contributed by atoms with Gasteiger partial charge in [-0.1, -0.05) is 18.2 Å². The summed E-state index contributed by atoms with van der Waals surface area (Å²) in [6, 6.07) is 8.76. The predicted octanol–water partition coefficient (Wildman–Crippen LogP) is 1.81. The summed E-state index contributed by atoms with van der Waals surface area (Å²) in [5, 5.41) is 14.2. The first-order valence-electron chi connectivity index (χ1n) is 7.44. The molecular weight excluding hydrogens is 250 g/mol. The molecule has 1 fully saturated rings. The van der Waals surface area contributed by atoms with Gasteiger partial charge in [-0.2, -0.15) is 0 Å². The average molecular weight is 273 g/mol. The molecule has 0 spiro atoms. The van der Waals surface area contributed by atoms with Crippen LogP contribution < -0.4 is 5.32 Å². The van der Waals surface area contributed by atoms with Crippen molar-refractivity contribution in [1.29, 1.82) is 0 Å². The molecule has 3 N–H and O–H groups in total. The molecule has 1 saturated heterocycles. The third-order valence-electron chi connectivity index (χ3n) is 4.27. The van der Waals surface area contributed by atoms with E-state index in [-0.39, 0.29) is 6.61 Å². The van der Waals surface area contributed by atoms with Crippen LogP contribution in [0.4, 0.5) is 0 Å². The number of aromatic amines is 1. The first-order valence-corrected chi connectivity index (χ1v) is 7.44. The molecule has 1 aliphatic rings. The summed E-state index contributed by atoms with van der Waals surface area (Å²) in [7, 11) is 0. The summed E-state index contributed by atoms with van der Waals surface area (Å²) in [4.78, 5) is 5.98. The third kappa shape index (κ3) is 2.46. The van der Waals surface area contributed by atoms with Gasteiger partial charge in [-0.25, -0.2) is 0 Å². The van der Waals surface area contributed by atoms with Crippen molar-refractivity contribution in [3.8, 4) is 0 Å². The number of aliphatic hydroxyl groups is 1. The zero-order valence-electron chi connectivity index (χ0n) is 12.0. The molecule has 0 bridgehead atoms. The molecule has 3 rings (SSSR count). The lowest BCUT2D eigenvalue weighted by atomic mass is 9.98. The second-order valence-electron chi connectivity index (χ2n) is 5.52. The quantitative estimate of drug-likeness (QED) is 0.796. The van der Waals surface area contributed by atoms with Gasteiger partial charge >= 0.3 is 0 Å². The fourth-order valence-electron chi connectivity index (χ4n) is 3.35. The van der Waals surface area contributed by atoms with E-state index in [2.05, 4.69) is 46.4 Å². The van der Waals surface area contributed by atoms with Gasteiger partial charge in [-0.15, -0.1) is 0 Å². The summed E-state index contributed by atoms with van der Waals surface area (Å²) in [5.74, 6) is 0. The summed E-state index contributed by atoms with van der Waals surface area (Å²) in [6.07, 6.45) is 0.794. The zero-order valence-corrected chi connectivity index (χ0v) is 12.0. The van der Waals surface area contributed by atoms with Crippen LogP contribution in [0.1, 0.15) is 23.7 Å². The SMILES string of the molecule is Cc1[nH]c2ccccc2c1C(CCO)N1CCNCC1. The van der Waals surface area contributed by atoms with Crippen molar-refractivity contribution in [3.63, 3.8) is 0 Å². The minimum atomic E-state index is 0.230. The maximum atomic E-state index is 9.48. The average Bonchev–Trinajstić information content (AvgIpc) is 2.82. The van der Waals surface area contributed by atoms with Crippen LogP contribution in [0.2, 0.25) is 0 Å². The van der Waals surface area contributed by atoms with Crippen LogP contribution in [0.3, 0.4) is 0 Å². The number of H-pyrrole nitrogens is 1. The molecule has 0 aliphatic carbocycles. The number of hydrogen-bond acceptors (Lipinski definition) is 3. The fraction of sp³-hybridized carbons (Fsp3) is 0.500. The van der Waals surface area contributed by atoms with E-state index >= 15 is 0 Å². The molecule has 0 saturated carbocycles. The number of rotatable bonds is 4. The van der Waals surface area contributed by atoms with Gasteiger partial charge in [-0.3, -0.25) is 4.90 Å². The van der Waals surface area contributed by atoms with Crippen molar-refractivity contribution in [2.45, 2.75) is 19.4 Å². The molecule has 1 atom stereocenters. The van der Waals surface area contributed by atoms with Crippen LogP contribution >= 0.6 is 0 Å². The number of benzene rings is 1. The van der Waals surface area contributed by atoms with E-state index in [1.54, 1.807) is 0 Å². The van der Waals surface area contributed by atoms with Crippen molar-refractivity contribution < 1.29 is 5.11 Å². The lowest BCUT2D eigenvalue weighted by Gasteiger charge is -2.35. The lowest BCUT2D eigenvalue weighted by molar-refractivity contribution is 0.141. The van der Waals surface area contributed by atoms with E-state index in [9.17, 15) is 5.11 Å². The van der Waals surface area contributed by atoms with Gasteiger partial charge in [0.05, 0.1) is 0 Å². The lowest BCUT2D eigenvalue weighted by Crippen LogP contribution is -2.45. The van der Waals surface area contributed by atoms with Crippen molar-refractivity contribution in [3.05, 3.63) is 35.5 Å². The number of nitrogens with one attached hydrogen (secondary N) is 2. The topological polar surface area (TPSA) is 51.3 Å². The predicted molar refractivity (Wildman–Crippen MR) is 81.9 cm³/mol. The first-order chi connectivity index (χ1) is 9.81. The molecular formula is C16H23N3O. The van der Waals surface area contributed by atoms with Crippen molar-refractivity contribution >= 4 is 10.9 Å². The normalized spacial score (nSPS) is 18.5. The Morgan fingerprint density at radius 3 is 2.75 bits per heavy atom. The van der Waals surface area contributed by atoms with Crippen LogP contribution in [0.5, 0.6) is 0 Å². The van der Waals surface area contributed by atoms with Gasteiger partial charge in [0.15, 0.2) is 0 Å². The number of hydrogen-bond donors (Lipinski definition) is 3. The summed E-state index contributed by atoms with van der Waals surface area (Å²) >= 11 is 0. The third-order valence-corrected chi connectivity index (χ3v) is 4.27.